The highest BCUT2D eigenvalue weighted by Gasteiger charge is 2.36. The molecule has 0 aromatic heterocycles. The van der Waals surface area contributed by atoms with Crippen LogP contribution in [0.25, 0.3) is 0 Å². The number of Topliss-reactive ketones (excluding diaryl/α,β-unsaturated/α-hetero) is 1. The van der Waals surface area contributed by atoms with E-state index in [0.717, 1.165) is 19.4 Å². The number of carbonyl (C=O) groups excluding carboxylic acids is 1. The summed E-state index contributed by atoms with van der Waals surface area (Å²) in [5.74, 6) is -0.977. The van der Waals surface area contributed by atoms with Gasteiger partial charge in [-0.1, -0.05) is 6.42 Å². The maximum absolute atomic E-state index is 12.1. The van der Waals surface area contributed by atoms with Crippen LogP contribution in [0.2, 0.25) is 5.82 Å². The van der Waals surface area contributed by atoms with Crippen LogP contribution < -0.4 is 5.32 Å². The Kier molecular flexibility index (Phi) is 6.20. The summed E-state index contributed by atoms with van der Waals surface area (Å²) in [4.78, 5) is 22.7. The van der Waals surface area contributed by atoms with E-state index in [4.69, 9.17) is 9.76 Å². The summed E-state index contributed by atoms with van der Waals surface area (Å²) >= 11 is 0. The molecule has 0 radical (unpaired) electrons. The predicted octanol–water partition coefficient (Wildman–Crippen LogP) is 0.982. The van der Waals surface area contributed by atoms with Crippen molar-refractivity contribution in [1.29, 1.82) is 0 Å². The molecule has 0 bridgehead atoms. The molecule has 3 atom stereocenters. The Hall–Kier alpha value is -0.915. The lowest BCUT2D eigenvalue weighted by Gasteiger charge is -2.30. The first kappa shape index (κ1) is 16.5. The third kappa shape index (κ3) is 5.41. The van der Waals surface area contributed by atoms with E-state index in [1.54, 1.807) is 0 Å². The normalized spacial score (nSPS) is 30.1. The van der Waals surface area contributed by atoms with Gasteiger partial charge in [0.1, 0.15) is 5.78 Å². The molecule has 2 aliphatic heterocycles. The zero-order chi connectivity index (χ0) is 15.2. The van der Waals surface area contributed by atoms with Crippen LogP contribution in [-0.4, -0.2) is 47.7 Å². The van der Waals surface area contributed by atoms with Crippen LogP contribution in [0.3, 0.4) is 0 Å². The highest BCUT2D eigenvalue weighted by atomic mass is 16.5. The van der Waals surface area contributed by atoms with Crippen molar-refractivity contribution < 1.29 is 24.4 Å². The van der Waals surface area contributed by atoms with Crippen molar-refractivity contribution in [2.45, 2.75) is 69.3 Å². The van der Waals surface area contributed by atoms with Gasteiger partial charge < -0.3 is 20.1 Å². The number of hydrogen-bond donors (Lipinski definition) is 3. The fraction of sp³-hybridized carbons (Fsp3) is 0.857. The summed E-state index contributed by atoms with van der Waals surface area (Å²) in [6, 6.07) is 0.271. The average Bonchev–Trinajstić information content (AvgIpc) is 2.42. The molecule has 7 heteroatoms. The number of carbonyl (C=O) groups is 2. The molecule has 2 heterocycles. The molecule has 3 N–H and O–H groups in total. The van der Waals surface area contributed by atoms with Gasteiger partial charge in [0.2, 0.25) is 0 Å². The fourth-order valence-electron chi connectivity index (χ4n) is 3.22. The van der Waals surface area contributed by atoms with Crippen LogP contribution in [-0.2, 0) is 14.2 Å². The number of carboxylic acids is 1. The lowest BCUT2D eigenvalue weighted by atomic mass is 9.64. The second-order valence-electron chi connectivity index (χ2n) is 6.18. The van der Waals surface area contributed by atoms with Crippen LogP contribution in [0, 0.1) is 0 Å². The van der Waals surface area contributed by atoms with Crippen molar-refractivity contribution in [3.05, 3.63) is 0 Å². The van der Waals surface area contributed by atoms with Crippen LogP contribution in [0.1, 0.15) is 51.4 Å². The lowest BCUT2D eigenvalue weighted by Crippen LogP contribution is -2.39. The lowest BCUT2D eigenvalue weighted by molar-refractivity contribution is -0.139. The maximum atomic E-state index is 12.1. The molecule has 0 spiro atoms. The molecule has 0 saturated carbocycles. The van der Waals surface area contributed by atoms with Crippen LogP contribution in [0.5, 0.6) is 0 Å². The zero-order valence-electron chi connectivity index (χ0n) is 12.3. The first-order chi connectivity index (χ1) is 10.0. The van der Waals surface area contributed by atoms with E-state index in [1.165, 1.54) is 6.42 Å². The Bertz CT molecular complexity index is 372. The highest BCUT2D eigenvalue weighted by molar-refractivity contribution is 6.45. The van der Waals surface area contributed by atoms with Gasteiger partial charge in [-0.25, -0.2) is 0 Å². The Morgan fingerprint density at radius 3 is 2.57 bits per heavy atom. The molecule has 2 saturated heterocycles. The van der Waals surface area contributed by atoms with Gasteiger partial charge in [-0.3, -0.25) is 9.59 Å². The Labute approximate surface area is 125 Å². The second-order valence-corrected chi connectivity index (χ2v) is 6.18. The van der Waals surface area contributed by atoms with E-state index in [1.807, 2.05) is 0 Å². The minimum Gasteiger partial charge on any atom is -0.481 e. The molecule has 0 aliphatic carbocycles. The topological polar surface area (TPSA) is 95.9 Å². The van der Waals surface area contributed by atoms with Crippen molar-refractivity contribution in [3.8, 4) is 0 Å². The van der Waals surface area contributed by atoms with E-state index in [-0.39, 0.29) is 24.1 Å². The zero-order valence-corrected chi connectivity index (χ0v) is 12.3. The van der Waals surface area contributed by atoms with Crippen LogP contribution in [0.15, 0.2) is 0 Å². The minimum absolute atomic E-state index is 0.0935. The van der Waals surface area contributed by atoms with Crippen molar-refractivity contribution in [2.24, 2.45) is 0 Å². The Balaban J connectivity index is 1.72. The number of hydrogen-bond acceptors (Lipinski definition) is 5. The van der Waals surface area contributed by atoms with Gasteiger partial charge >= 0.3 is 13.1 Å². The Morgan fingerprint density at radius 2 is 1.95 bits per heavy atom. The molecule has 0 aromatic carbocycles. The monoisotopic (exact) mass is 297 g/mol. The van der Waals surface area contributed by atoms with Crippen molar-refractivity contribution in [1.82, 2.24) is 5.32 Å². The summed E-state index contributed by atoms with van der Waals surface area (Å²) in [6.07, 6.45) is 4.90. The smallest absolute Gasteiger partial charge is 0.458 e. The molecular weight excluding hydrogens is 273 g/mol. The number of carboxylic acid groups (broad SMARTS) is 1. The number of rotatable bonds is 6. The third-order valence-electron chi connectivity index (χ3n) is 4.37. The van der Waals surface area contributed by atoms with E-state index in [2.05, 4.69) is 5.32 Å². The average molecular weight is 297 g/mol. The van der Waals surface area contributed by atoms with Crippen molar-refractivity contribution in [3.63, 3.8) is 0 Å². The fourth-order valence-corrected chi connectivity index (χ4v) is 3.22. The Morgan fingerprint density at radius 1 is 1.14 bits per heavy atom. The maximum Gasteiger partial charge on any atom is 0.458 e. The molecule has 2 aliphatic rings. The van der Waals surface area contributed by atoms with E-state index in [9.17, 15) is 14.6 Å². The molecular formula is C14H24BNO5. The molecule has 2 fully saturated rings. The standard InChI is InChI=1S/C14H24BNO5/c17-12(8-11-3-1-2-6-16-11)7-10-4-5-13(9-14(18)19)21-15(10)20/h10-11,13,16,20H,1-9H2,(H,18,19)/t10-,11-,13+/m1/s1. The summed E-state index contributed by atoms with van der Waals surface area (Å²) in [5.41, 5.74) is 0. The van der Waals surface area contributed by atoms with Gasteiger partial charge in [0.25, 0.3) is 0 Å². The summed E-state index contributed by atoms with van der Waals surface area (Å²) in [6.45, 7) is 0.976. The number of piperidine rings is 1. The van der Waals surface area contributed by atoms with E-state index < -0.39 is 19.2 Å². The molecule has 118 valence electrons. The minimum atomic E-state index is -1.02. The largest absolute Gasteiger partial charge is 0.481 e. The molecule has 6 nitrogen and oxygen atoms in total. The molecule has 0 amide bonds. The van der Waals surface area contributed by atoms with Crippen LogP contribution >= 0.6 is 0 Å². The first-order valence-electron chi connectivity index (χ1n) is 7.85. The van der Waals surface area contributed by atoms with Gasteiger partial charge in [-0.15, -0.1) is 0 Å². The van der Waals surface area contributed by atoms with Crippen LogP contribution in [0.4, 0.5) is 0 Å². The van der Waals surface area contributed by atoms with Gasteiger partial charge in [0, 0.05) is 24.7 Å². The van der Waals surface area contributed by atoms with Crippen molar-refractivity contribution in [2.75, 3.05) is 6.54 Å². The van der Waals surface area contributed by atoms with Gasteiger partial charge in [-0.2, -0.15) is 0 Å². The van der Waals surface area contributed by atoms with E-state index in [0.29, 0.717) is 25.7 Å². The molecule has 2 rings (SSSR count). The molecule has 0 aromatic rings. The highest BCUT2D eigenvalue weighted by Crippen LogP contribution is 2.31. The predicted molar refractivity (Wildman–Crippen MR) is 78.0 cm³/mol. The number of nitrogens with one attached hydrogen (secondary N) is 1. The number of aliphatic carboxylic acids is 1. The quantitative estimate of drug-likeness (QED) is 0.633. The van der Waals surface area contributed by atoms with Gasteiger partial charge in [0.15, 0.2) is 0 Å². The third-order valence-corrected chi connectivity index (χ3v) is 4.37. The summed E-state index contributed by atoms with van der Waals surface area (Å²) < 4.78 is 5.31. The first-order valence-corrected chi connectivity index (χ1v) is 7.85. The van der Waals surface area contributed by atoms with E-state index >= 15 is 0 Å². The summed E-state index contributed by atoms with van der Waals surface area (Å²) in [5, 5.41) is 22.0. The number of ketones is 1. The van der Waals surface area contributed by atoms with Gasteiger partial charge in [-0.05, 0) is 32.2 Å². The molecule has 21 heavy (non-hydrogen) atoms. The summed E-state index contributed by atoms with van der Waals surface area (Å²) in [7, 11) is -1.02. The molecule has 0 unspecified atom stereocenters. The van der Waals surface area contributed by atoms with Crippen molar-refractivity contribution >= 4 is 18.9 Å². The second kappa shape index (κ2) is 7.91. The van der Waals surface area contributed by atoms with Gasteiger partial charge in [0.05, 0.1) is 12.5 Å². The SMILES string of the molecule is O=C(O)C[C@@H]1CC[C@H](CC(=O)C[C@H]2CCCCN2)B(O)O1.